The summed E-state index contributed by atoms with van der Waals surface area (Å²) in [6.45, 7) is 2.62. The van der Waals surface area contributed by atoms with Crippen LogP contribution in [0.25, 0.3) is 0 Å². The van der Waals surface area contributed by atoms with Gasteiger partial charge in [0, 0.05) is 30.2 Å². The van der Waals surface area contributed by atoms with E-state index in [4.69, 9.17) is 4.74 Å². The number of rotatable bonds is 7. The van der Waals surface area contributed by atoms with Gasteiger partial charge < -0.3 is 31.3 Å². The molecule has 184 valence electrons. The number of esters is 1. The first-order valence-electron chi connectivity index (χ1n) is 11.7. The number of thiophene rings is 1. The van der Waals surface area contributed by atoms with E-state index in [1.165, 1.54) is 24.0 Å². The molecule has 1 saturated carbocycles. The minimum atomic E-state index is -1.59. The number of quaternary nitrogens is 1. The molecule has 5 heterocycles. The predicted octanol–water partition coefficient (Wildman–Crippen LogP) is -0.894. The Hall–Kier alpha value is -1.95. The molecule has 2 aromatic heterocycles. The van der Waals surface area contributed by atoms with Crippen LogP contribution in [-0.4, -0.2) is 68.7 Å². The van der Waals surface area contributed by atoms with Gasteiger partial charge >= 0.3 is 5.97 Å². The number of fused-ring (bicyclic) bond motifs is 3. The number of halogens is 1. The number of hydrogen-bond acceptors (Lipinski definition) is 8. The van der Waals surface area contributed by atoms with Gasteiger partial charge in [-0.25, -0.2) is 19.7 Å². The minimum Gasteiger partial charge on any atom is -1.00 e. The van der Waals surface area contributed by atoms with E-state index in [-0.39, 0.29) is 53.3 Å². The summed E-state index contributed by atoms with van der Waals surface area (Å²) in [5.74, 6) is -0.294. The van der Waals surface area contributed by atoms with Gasteiger partial charge in [0.2, 0.25) is 5.95 Å². The number of aliphatic hydroxyl groups is 1. The molecule has 2 aromatic rings. The maximum Gasteiger partial charge on any atom is 0.343 e. The Labute approximate surface area is 213 Å². The number of hydrogen-bond donors (Lipinski definition) is 2. The normalized spacial score (nSPS) is 28.0. The van der Waals surface area contributed by atoms with Crippen molar-refractivity contribution in [2.75, 3.05) is 31.5 Å². The molecule has 4 aliphatic rings. The number of nitrogens with zero attached hydrogens (tertiary/aromatic N) is 4. The Morgan fingerprint density at radius 3 is 2.53 bits per heavy atom. The van der Waals surface area contributed by atoms with Crippen molar-refractivity contribution in [2.24, 2.45) is 11.8 Å². The van der Waals surface area contributed by atoms with Crippen molar-refractivity contribution in [1.82, 2.24) is 15.0 Å². The predicted molar refractivity (Wildman–Crippen MR) is 121 cm³/mol. The molecule has 2 N–H and O–H groups in total. The molecule has 34 heavy (non-hydrogen) atoms. The van der Waals surface area contributed by atoms with Crippen LogP contribution in [0.1, 0.15) is 44.1 Å². The number of aromatic nitrogens is 3. The maximum atomic E-state index is 13.5. The van der Waals surface area contributed by atoms with Crippen molar-refractivity contribution in [3.8, 4) is 0 Å². The van der Waals surface area contributed by atoms with E-state index in [0.29, 0.717) is 16.6 Å². The molecule has 0 aromatic carbocycles. The van der Waals surface area contributed by atoms with E-state index < -0.39 is 11.6 Å². The van der Waals surface area contributed by atoms with Gasteiger partial charge in [-0.3, -0.25) is 10.1 Å². The van der Waals surface area contributed by atoms with Crippen LogP contribution < -0.4 is 22.3 Å². The molecule has 3 aliphatic heterocycles. The fourth-order valence-corrected chi connectivity index (χ4v) is 6.63. The summed E-state index contributed by atoms with van der Waals surface area (Å²) in [5, 5.41) is 18.1. The molecular weight excluding hydrogens is 522 g/mol. The zero-order valence-corrected chi connectivity index (χ0v) is 21.3. The lowest BCUT2D eigenvalue weighted by Crippen LogP contribution is -3.00. The lowest BCUT2D eigenvalue weighted by Gasteiger charge is -2.51. The van der Waals surface area contributed by atoms with Crippen molar-refractivity contribution < 1.29 is 40.9 Å². The average Bonchev–Trinajstić information content (AvgIpc) is 3.54. The first kappa shape index (κ1) is 25.2. The standard InChI is InChI=1S/C23H29N5O4S.BrH/c29-20(27-22-25-14-24-15-26-22)12-28-8-5-16(6-9-28)19(11-28)32-21(30)23(31,17-3-1-2-4-17)18-7-10-33-13-18;/h7,10,13-17,19,31H,1-6,8-9,11-12H2;1H/t16?,19-,23?,28?;/m0./s1. The molecule has 1 aliphatic carbocycles. The van der Waals surface area contributed by atoms with Crippen LogP contribution in [0.3, 0.4) is 0 Å². The largest absolute Gasteiger partial charge is 1.00 e. The fourth-order valence-electron chi connectivity index (χ4n) is 5.92. The molecule has 2 atom stereocenters. The molecule has 11 heteroatoms. The highest BCUT2D eigenvalue weighted by Gasteiger charge is 2.53. The number of carbonyl (C=O) groups is 2. The smallest absolute Gasteiger partial charge is 0.343 e. The number of ether oxygens (including phenoxy) is 1. The van der Waals surface area contributed by atoms with Crippen LogP contribution in [-0.2, 0) is 19.9 Å². The molecule has 0 radical (unpaired) electrons. The highest BCUT2D eigenvalue weighted by molar-refractivity contribution is 7.08. The first-order chi connectivity index (χ1) is 16.0. The van der Waals surface area contributed by atoms with Gasteiger partial charge in [0.15, 0.2) is 18.2 Å². The van der Waals surface area contributed by atoms with Gasteiger partial charge in [0.25, 0.3) is 5.91 Å². The van der Waals surface area contributed by atoms with Gasteiger partial charge in [0.1, 0.15) is 19.2 Å². The van der Waals surface area contributed by atoms with Crippen LogP contribution in [0.2, 0.25) is 0 Å². The number of carbonyl (C=O) groups excluding carboxylic acids is 2. The summed E-state index contributed by atoms with van der Waals surface area (Å²) in [7, 11) is 0. The van der Waals surface area contributed by atoms with Crippen LogP contribution in [0, 0.1) is 11.8 Å². The van der Waals surface area contributed by atoms with E-state index in [9.17, 15) is 14.7 Å². The average molecular weight is 552 g/mol. The molecule has 6 rings (SSSR count). The second-order valence-corrected chi connectivity index (χ2v) is 10.5. The van der Waals surface area contributed by atoms with E-state index in [2.05, 4.69) is 20.3 Å². The zero-order valence-electron chi connectivity index (χ0n) is 18.9. The number of amides is 1. The topological polar surface area (TPSA) is 114 Å². The molecule has 4 fully saturated rings. The summed E-state index contributed by atoms with van der Waals surface area (Å²) >= 11 is 1.48. The minimum absolute atomic E-state index is 0. The zero-order chi connectivity index (χ0) is 22.9. The monoisotopic (exact) mass is 551 g/mol. The van der Waals surface area contributed by atoms with E-state index in [1.54, 1.807) is 0 Å². The summed E-state index contributed by atoms with van der Waals surface area (Å²) in [6.07, 6.45) is 7.89. The van der Waals surface area contributed by atoms with E-state index >= 15 is 0 Å². The van der Waals surface area contributed by atoms with Gasteiger partial charge in [-0.1, -0.05) is 12.8 Å². The lowest BCUT2D eigenvalue weighted by molar-refractivity contribution is -0.939. The Balaban J connectivity index is 0.00000274. The first-order valence-corrected chi connectivity index (χ1v) is 12.7. The van der Waals surface area contributed by atoms with E-state index in [1.807, 2.05) is 16.8 Å². The SMILES string of the molecule is O=C(C[N+]12CCC(CC1)[C@@H](OC(=O)C(O)(c1ccsc1)C1CCCC1)C2)Nc1ncncn1.[Br-]. The third-order valence-corrected chi connectivity index (χ3v) is 8.43. The Kier molecular flexibility index (Phi) is 7.66. The van der Waals surface area contributed by atoms with Gasteiger partial charge in [-0.2, -0.15) is 11.3 Å². The summed E-state index contributed by atoms with van der Waals surface area (Å²) in [6, 6.07) is 1.83. The van der Waals surface area contributed by atoms with Crippen molar-refractivity contribution >= 4 is 29.2 Å². The highest BCUT2D eigenvalue weighted by atomic mass is 79.9. The number of nitrogens with one attached hydrogen (secondary N) is 1. The molecule has 2 bridgehead atoms. The molecule has 0 spiro atoms. The second kappa shape index (κ2) is 10.3. The summed E-state index contributed by atoms with van der Waals surface area (Å²) in [5.41, 5.74) is -0.949. The quantitative estimate of drug-likeness (QED) is 0.338. The number of anilines is 1. The van der Waals surface area contributed by atoms with Crippen molar-refractivity contribution in [3.63, 3.8) is 0 Å². The molecule has 3 saturated heterocycles. The second-order valence-electron chi connectivity index (χ2n) is 9.68. The summed E-state index contributed by atoms with van der Waals surface area (Å²) < 4.78 is 6.66. The van der Waals surface area contributed by atoms with Crippen LogP contribution >= 0.6 is 11.3 Å². The molecule has 1 amide bonds. The Morgan fingerprint density at radius 2 is 1.88 bits per heavy atom. The van der Waals surface area contributed by atoms with Crippen molar-refractivity contribution in [1.29, 1.82) is 0 Å². The van der Waals surface area contributed by atoms with E-state index in [0.717, 1.165) is 51.6 Å². The third kappa shape index (κ3) is 4.89. The van der Waals surface area contributed by atoms with Gasteiger partial charge in [-0.05, 0) is 29.7 Å². The maximum absolute atomic E-state index is 13.5. The van der Waals surface area contributed by atoms with Crippen LogP contribution in [0.5, 0.6) is 0 Å². The van der Waals surface area contributed by atoms with Crippen molar-refractivity contribution in [3.05, 3.63) is 35.0 Å². The molecular formula is C23H30BrN5O4S. The van der Waals surface area contributed by atoms with Crippen LogP contribution in [0.15, 0.2) is 29.5 Å². The molecule has 9 nitrogen and oxygen atoms in total. The van der Waals surface area contributed by atoms with Crippen molar-refractivity contribution in [2.45, 2.75) is 50.2 Å². The molecule has 1 unspecified atom stereocenters. The number of piperidine rings is 3. The van der Waals surface area contributed by atoms with Gasteiger partial charge in [-0.15, -0.1) is 0 Å². The Morgan fingerprint density at radius 1 is 1.18 bits per heavy atom. The van der Waals surface area contributed by atoms with Crippen LogP contribution in [0.4, 0.5) is 5.95 Å². The van der Waals surface area contributed by atoms with Gasteiger partial charge in [0.05, 0.1) is 13.1 Å². The third-order valence-electron chi connectivity index (χ3n) is 7.74. The highest BCUT2D eigenvalue weighted by Crippen LogP contribution is 2.43. The summed E-state index contributed by atoms with van der Waals surface area (Å²) in [4.78, 5) is 37.9. The lowest BCUT2D eigenvalue weighted by atomic mass is 9.80. The fraction of sp³-hybridized carbons (Fsp3) is 0.609. The Bertz CT molecular complexity index is 981.